The van der Waals surface area contributed by atoms with Gasteiger partial charge in [0.15, 0.2) is 0 Å². The number of hydrogen-bond donors (Lipinski definition) is 3. The summed E-state index contributed by atoms with van der Waals surface area (Å²) in [4.78, 5) is 26.9. The lowest BCUT2D eigenvalue weighted by atomic mass is 9.91. The molecule has 4 rings (SSSR count). The summed E-state index contributed by atoms with van der Waals surface area (Å²) in [5, 5.41) is 10.1. The molecule has 28 heavy (non-hydrogen) atoms. The molecule has 2 aliphatic rings. The van der Waals surface area contributed by atoms with Crippen molar-refractivity contribution >= 4 is 46.5 Å². The molecule has 0 radical (unpaired) electrons. The molecule has 2 aromatic rings. The van der Waals surface area contributed by atoms with Gasteiger partial charge in [0, 0.05) is 25.9 Å². The molecule has 2 aromatic carbocycles. The fourth-order valence-electron chi connectivity index (χ4n) is 3.71. The second kappa shape index (κ2) is 7.18. The van der Waals surface area contributed by atoms with Crippen molar-refractivity contribution in [2.75, 3.05) is 23.7 Å². The molecule has 146 valence electrons. The van der Waals surface area contributed by atoms with Gasteiger partial charge < -0.3 is 20.9 Å². The highest BCUT2D eigenvalue weighted by Crippen LogP contribution is 2.34. The Morgan fingerprint density at radius 1 is 1.11 bits per heavy atom. The van der Waals surface area contributed by atoms with Gasteiger partial charge in [-0.15, -0.1) is 0 Å². The first-order valence-corrected chi connectivity index (χ1v) is 9.84. The number of anilines is 2. The number of carbonyl (C=O) groups excluding carboxylic acids is 2. The Morgan fingerprint density at radius 2 is 1.82 bits per heavy atom. The summed E-state index contributed by atoms with van der Waals surface area (Å²) < 4.78 is 0. The summed E-state index contributed by atoms with van der Waals surface area (Å²) in [6, 6.07) is 10.5. The van der Waals surface area contributed by atoms with Crippen molar-refractivity contribution in [2.24, 2.45) is 0 Å². The Labute approximate surface area is 173 Å². The van der Waals surface area contributed by atoms with Crippen LogP contribution in [0.1, 0.15) is 28.8 Å². The van der Waals surface area contributed by atoms with Crippen LogP contribution < -0.4 is 16.0 Å². The normalized spacial score (nSPS) is 17.5. The quantitative estimate of drug-likeness (QED) is 0.638. The number of fused-ring (bicyclic) bond motifs is 1. The van der Waals surface area contributed by atoms with Crippen molar-refractivity contribution in [3.8, 4) is 0 Å². The van der Waals surface area contributed by atoms with Crippen molar-refractivity contribution in [3.05, 3.63) is 57.6 Å². The number of para-hydroxylation sites is 1. The van der Waals surface area contributed by atoms with Gasteiger partial charge in [0.05, 0.1) is 27.0 Å². The summed E-state index contributed by atoms with van der Waals surface area (Å²) in [5.74, 6) is -0.0824. The van der Waals surface area contributed by atoms with Gasteiger partial charge >= 0.3 is 6.03 Å². The number of piperidine rings is 1. The minimum absolute atomic E-state index is 0.0824. The molecule has 2 aliphatic heterocycles. The Balaban J connectivity index is 1.45. The van der Waals surface area contributed by atoms with Crippen molar-refractivity contribution in [3.63, 3.8) is 0 Å². The molecule has 3 N–H and O–H groups in total. The zero-order valence-corrected chi connectivity index (χ0v) is 16.8. The summed E-state index contributed by atoms with van der Waals surface area (Å²) in [5.41, 5.74) is 2.49. The number of nitrogens with one attached hydrogen (secondary N) is 3. The van der Waals surface area contributed by atoms with Crippen molar-refractivity contribution < 1.29 is 9.59 Å². The molecule has 0 aliphatic carbocycles. The van der Waals surface area contributed by atoms with E-state index in [4.69, 9.17) is 23.2 Å². The van der Waals surface area contributed by atoms with Gasteiger partial charge in [0.1, 0.15) is 5.66 Å². The lowest BCUT2D eigenvalue weighted by Gasteiger charge is -2.46. The third-order valence-corrected chi connectivity index (χ3v) is 6.15. The van der Waals surface area contributed by atoms with Crippen LogP contribution in [0.2, 0.25) is 10.0 Å². The van der Waals surface area contributed by atoms with Crippen LogP contribution in [0, 0.1) is 6.92 Å². The molecule has 6 nitrogen and oxygen atoms in total. The molecular formula is C20H20Cl2N4O2. The molecular weight excluding hydrogens is 399 g/mol. The number of nitrogens with zero attached hydrogens (tertiary/aromatic N) is 1. The Morgan fingerprint density at radius 3 is 2.57 bits per heavy atom. The van der Waals surface area contributed by atoms with Crippen LogP contribution >= 0.6 is 23.2 Å². The maximum absolute atomic E-state index is 12.6. The monoisotopic (exact) mass is 418 g/mol. The van der Waals surface area contributed by atoms with Gasteiger partial charge in [0.2, 0.25) is 0 Å². The standard InChI is InChI=1S/C20H20Cl2N4O2/c1-12-4-2-5-13-17(12)24-20(25-18(13)27)8-10-26(11-9-20)19(28)23-15-7-3-6-14(21)16(15)22/h2-7,24H,8-11H2,1H3,(H,23,28)(H,25,27). The van der Waals surface area contributed by atoms with Crippen LogP contribution in [-0.4, -0.2) is 35.6 Å². The first-order valence-electron chi connectivity index (χ1n) is 9.09. The van der Waals surface area contributed by atoms with E-state index >= 15 is 0 Å². The topological polar surface area (TPSA) is 73.5 Å². The van der Waals surface area contributed by atoms with Gasteiger partial charge in [-0.1, -0.05) is 41.4 Å². The van der Waals surface area contributed by atoms with Gasteiger partial charge in [0.25, 0.3) is 5.91 Å². The second-order valence-corrected chi connectivity index (χ2v) is 7.96. The van der Waals surface area contributed by atoms with Crippen molar-refractivity contribution in [1.82, 2.24) is 10.2 Å². The third kappa shape index (κ3) is 3.38. The third-order valence-electron chi connectivity index (χ3n) is 5.33. The van der Waals surface area contributed by atoms with Crippen LogP contribution in [0.4, 0.5) is 16.2 Å². The zero-order chi connectivity index (χ0) is 19.9. The maximum atomic E-state index is 12.6. The van der Waals surface area contributed by atoms with Crippen LogP contribution in [0.3, 0.4) is 0 Å². The van der Waals surface area contributed by atoms with Crippen molar-refractivity contribution in [2.45, 2.75) is 25.4 Å². The smallest absolute Gasteiger partial charge is 0.321 e. The van der Waals surface area contributed by atoms with E-state index in [9.17, 15) is 9.59 Å². The highest BCUT2D eigenvalue weighted by atomic mass is 35.5. The van der Waals surface area contributed by atoms with E-state index < -0.39 is 5.66 Å². The fourth-order valence-corrected chi connectivity index (χ4v) is 4.06. The summed E-state index contributed by atoms with van der Waals surface area (Å²) in [7, 11) is 0. The van der Waals surface area contributed by atoms with E-state index in [1.54, 1.807) is 23.1 Å². The van der Waals surface area contributed by atoms with E-state index in [2.05, 4.69) is 16.0 Å². The minimum Gasteiger partial charge on any atom is -0.362 e. The number of amides is 3. The fraction of sp³-hybridized carbons (Fsp3) is 0.300. The highest BCUT2D eigenvalue weighted by molar-refractivity contribution is 6.43. The molecule has 8 heteroatoms. The number of urea groups is 1. The molecule has 0 unspecified atom stereocenters. The molecule has 0 aromatic heterocycles. The molecule has 1 fully saturated rings. The average Bonchev–Trinajstić information content (AvgIpc) is 2.67. The molecule has 1 saturated heterocycles. The number of benzene rings is 2. The first kappa shape index (κ1) is 18.9. The van der Waals surface area contributed by atoms with Crippen LogP contribution in [0.25, 0.3) is 0 Å². The Hall–Kier alpha value is -2.44. The SMILES string of the molecule is Cc1cccc2c1NC1(CCN(C(=O)Nc3cccc(Cl)c3Cl)CC1)NC2=O. The highest BCUT2D eigenvalue weighted by Gasteiger charge is 2.41. The predicted molar refractivity (Wildman–Crippen MR) is 111 cm³/mol. The molecule has 0 saturated carbocycles. The number of carbonyl (C=O) groups is 2. The molecule has 1 spiro atoms. The van der Waals surface area contributed by atoms with Gasteiger partial charge in [-0.05, 0) is 30.7 Å². The van der Waals surface area contributed by atoms with Crippen molar-refractivity contribution in [1.29, 1.82) is 0 Å². The lowest BCUT2D eigenvalue weighted by molar-refractivity contribution is 0.0851. The number of hydrogen-bond acceptors (Lipinski definition) is 3. The average molecular weight is 419 g/mol. The molecule has 2 heterocycles. The van der Waals surface area contributed by atoms with E-state index in [1.165, 1.54) is 0 Å². The Bertz CT molecular complexity index is 955. The van der Waals surface area contributed by atoms with E-state index in [0.717, 1.165) is 11.3 Å². The lowest BCUT2D eigenvalue weighted by Crippen LogP contribution is -2.63. The number of aryl methyl sites for hydroxylation is 1. The first-order chi connectivity index (χ1) is 13.4. The Kier molecular flexibility index (Phi) is 4.85. The van der Waals surface area contributed by atoms with Crippen LogP contribution in [0.15, 0.2) is 36.4 Å². The largest absolute Gasteiger partial charge is 0.362 e. The predicted octanol–water partition coefficient (Wildman–Crippen LogP) is 4.48. The zero-order valence-electron chi connectivity index (χ0n) is 15.3. The summed E-state index contributed by atoms with van der Waals surface area (Å²) in [6.45, 7) is 2.98. The van der Waals surface area contributed by atoms with Gasteiger partial charge in [-0.25, -0.2) is 4.79 Å². The summed E-state index contributed by atoms with van der Waals surface area (Å²) in [6.07, 6.45) is 1.20. The van der Waals surface area contributed by atoms with Crippen LogP contribution in [0.5, 0.6) is 0 Å². The molecule has 0 atom stereocenters. The number of rotatable bonds is 1. The maximum Gasteiger partial charge on any atom is 0.321 e. The van der Waals surface area contributed by atoms with E-state index in [0.29, 0.717) is 47.2 Å². The van der Waals surface area contributed by atoms with E-state index in [-0.39, 0.29) is 11.9 Å². The van der Waals surface area contributed by atoms with Gasteiger partial charge in [-0.3, -0.25) is 4.79 Å². The number of likely N-dealkylation sites (tertiary alicyclic amines) is 1. The van der Waals surface area contributed by atoms with E-state index in [1.807, 2.05) is 25.1 Å². The number of halogens is 2. The molecule has 0 bridgehead atoms. The minimum atomic E-state index is -0.541. The summed E-state index contributed by atoms with van der Waals surface area (Å²) >= 11 is 12.2. The van der Waals surface area contributed by atoms with Crippen LogP contribution in [-0.2, 0) is 0 Å². The van der Waals surface area contributed by atoms with Gasteiger partial charge in [-0.2, -0.15) is 0 Å². The molecule has 3 amide bonds. The second-order valence-electron chi connectivity index (χ2n) is 7.18.